The van der Waals surface area contributed by atoms with Gasteiger partial charge in [0.05, 0.1) is 25.3 Å². The van der Waals surface area contributed by atoms with Crippen molar-refractivity contribution in [1.29, 1.82) is 0 Å². The van der Waals surface area contributed by atoms with Crippen LogP contribution in [0.15, 0.2) is 48.5 Å². The summed E-state index contributed by atoms with van der Waals surface area (Å²) in [6, 6.07) is 10.2. The Morgan fingerprint density at radius 2 is 1.50 bits per heavy atom. The molecule has 222 valence electrons. The van der Waals surface area contributed by atoms with Crippen LogP contribution in [0.25, 0.3) is 0 Å². The van der Waals surface area contributed by atoms with Crippen molar-refractivity contribution in [2.24, 2.45) is 0 Å². The minimum atomic E-state index is -4.54. The van der Waals surface area contributed by atoms with Crippen LogP contribution in [0.5, 0.6) is 11.5 Å². The van der Waals surface area contributed by atoms with Gasteiger partial charge in [0.15, 0.2) is 6.10 Å². The molecule has 0 radical (unpaired) electrons. The van der Waals surface area contributed by atoms with Gasteiger partial charge >= 0.3 is 18.2 Å². The highest BCUT2D eigenvalue weighted by Gasteiger charge is 2.30. The molecule has 0 aromatic heterocycles. The molecular formula is C27H32F5NO7. The molecule has 0 saturated carbocycles. The summed E-state index contributed by atoms with van der Waals surface area (Å²) in [4.78, 5) is 25.1. The summed E-state index contributed by atoms with van der Waals surface area (Å²) < 4.78 is 85.5. The molecule has 0 saturated heterocycles. The zero-order valence-electron chi connectivity index (χ0n) is 22.1. The predicted octanol–water partition coefficient (Wildman–Crippen LogP) is 5.68. The number of carbonyl (C=O) groups excluding carboxylic acids is 1. The average molecular weight is 578 g/mol. The van der Waals surface area contributed by atoms with Crippen molar-refractivity contribution >= 4 is 12.1 Å². The molecule has 0 heterocycles. The number of hydrogen-bond donors (Lipinski definition) is 1. The van der Waals surface area contributed by atoms with Gasteiger partial charge in [-0.15, -0.1) is 0 Å². The molecule has 2 rings (SSSR count). The van der Waals surface area contributed by atoms with Crippen molar-refractivity contribution in [2.45, 2.75) is 44.9 Å². The Balaban J connectivity index is 1.96. The number of carbonyl (C=O) groups is 2. The minimum Gasteiger partial charge on any atom is -0.492 e. The fraction of sp³-hybridized carbons (Fsp3) is 0.481. The van der Waals surface area contributed by atoms with Crippen molar-refractivity contribution in [2.75, 3.05) is 39.5 Å². The third kappa shape index (κ3) is 12.2. The summed E-state index contributed by atoms with van der Waals surface area (Å²) in [5.74, 6) is -3.65. The number of amides is 1. The van der Waals surface area contributed by atoms with E-state index in [9.17, 15) is 36.6 Å². The molecule has 0 aliphatic rings. The third-order valence-electron chi connectivity index (χ3n) is 5.45. The van der Waals surface area contributed by atoms with Crippen molar-refractivity contribution in [3.8, 4) is 11.5 Å². The number of benzene rings is 2. The number of nitrogens with zero attached hydrogens (tertiary/aromatic N) is 1. The first-order valence-corrected chi connectivity index (χ1v) is 12.4. The molecule has 0 fully saturated rings. The molecule has 0 bridgehead atoms. The number of hydrogen-bond acceptors (Lipinski definition) is 6. The lowest BCUT2D eigenvalue weighted by atomic mass is 10.1. The average Bonchev–Trinajstić information content (AvgIpc) is 2.87. The zero-order chi connectivity index (χ0) is 29.8. The van der Waals surface area contributed by atoms with E-state index in [0.29, 0.717) is 11.3 Å². The van der Waals surface area contributed by atoms with Crippen molar-refractivity contribution < 1.29 is 55.6 Å². The Morgan fingerprint density at radius 3 is 2.05 bits per heavy atom. The van der Waals surface area contributed by atoms with Crippen LogP contribution >= 0.6 is 0 Å². The van der Waals surface area contributed by atoms with Gasteiger partial charge in [-0.2, -0.15) is 13.2 Å². The van der Waals surface area contributed by atoms with Crippen LogP contribution in [-0.4, -0.2) is 73.6 Å². The van der Waals surface area contributed by atoms with E-state index in [2.05, 4.69) is 0 Å². The summed E-state index contributed by atoms with van der Waals surface area (Å²) in [5, 5.41) is 9.22. The van der Waals surface area contributed by atoms with E-state index in [1.165, 1.54) is 4.90 Å². The number of alkyl halides is 5. The molecule has 8 nitrogen and oxygen atoms in total. The first kappa shape index (κ1) is 32.8. The maximum Gasteiger partial charge on any atom is 0.416 e. The van der Waals surface area contributed by atoms with Crippen molar-refractivity contribution in [3.63, 3.8) is 0 Å². The zero-order valence-corrected chi connectivity index (χ0v) is 22.1. The first-order chi connectivity index (χ1) is 18.8. The molecule has 0 aliphatic carbocycles. The topological polar surface area (TPSA) is 94.5 Å². The van der Waals surface area contributed by atoms with Crippen LogP contribution in [0.2, 0.25) is 0 Å². The van der Waals surface area contributed by atoms with Crippen molar-refractivity contribution in [3.05, 3.63) is 59.7 Å². The molecule has 1 amide bonds. The van der Waals surface area contributed by atoms with Gasteiger partial charge in [-0.1, -0.05) is 12.1 Å². The molecule has 1 N–H and O–H groups in total. The second-order valence-corrected chi connectivity index (χ2v) is 8.79. The van der Waals surface area contributed by atoms with Crippen LogP contribution in [0.1, 0.15) is 31.4 Å². The van der Waals surface area contributed by atoms with Gasteiger partial charge < -0.3 is 29.0 Å². The number of carboxylic acids is 1. The normalized spacial score (nSPS) is 12.6. The maximum atomic E-state index is 13.0. The number of halogens is 5. The highest BCUT2D eigenvalue weighted by atomic mass is 19.4. The standard InChI is InChI=1S/C27H32F5NO7/c1-3-38-23(24(34)35)18-19-4-8-21(9-5-19)39-17-14-33(13-16-37-15-12-26(2,28)29)25(36)40-22-10-6-20(7-11-22)27(30,31)32/h4-11,23H,3,12-18H2,1-2H3,(H,34,35). The van der Waals surface area contributed by atoms with Crippen LogP contribution < -0.4 is 9.47 Å². The van der Waals surface area contributed by atoms with Crippen LogP contribution in [0, 0.1) is 0 Å². The van der Waals surface area contributed by atoms with Gasteiger partial charge in [0, 0.05) is 26.0 Å². The summed E-state index contributed by atoms with van der Waals surface area (Å²) in [6.45, 7) is 2.32. The third-order valence-corrected chi connectivity index (χ3v) is 5.45. The predicted molar refractivity (Wildman–Crippen MR) is 134 cm³/mol. The summed E-state index contributed by atoms with van der Waals surface area (Å²) in [6.07, 6.45) is -6.75. The Morgan fingerprint density at radius 1 is 0.900 bits per heavy atom. The van der Waals surface area contributed by atoms with E-state index in [1.54, 1.807) is 31.2 Å². The van der Waals surface area contributed by atoms with Crippen LogP contribution in [-0.2, 0) is 26.9 Å². The van der Waals surface area contributed by atoms with Gasteiger partial charge in [-0.05, 0) is 55.8 Å². The van der Waals surface area contributed by atoms with E-state index in [0.717, 1.165) is 31.2 Å². The van der Waals surface area contributed by atoms with Crippen LogP contribution in [0.3, 0.4) is 0 Å². The lowest BCUT2D eigenvalue weighted by molar-refractivity contribution is -0.150. The molecule has 13 heteroatoms. The fourth-order valence-corrected chi connectivity index (χ4v) is 3.33. The van der Waals surface area contributed by atoms with Gasteiger partial charge in [-0.25, -0.2) is 18.4 Å². The number of rotatable bonds is 16. The smallest absolute Gasteiger partial charge is 0.416 e. The molecule has 0 spiro atoms. The second kappa shape index (κ2) is 15.4. The Bertz CT molecular complexity index is 1060. The van der Waals surface area contributed by atoms with E-state index in [-0.39, 0.29) is 51.7 Å². The molecule has 0 aliphatic heterocycles. The molecule has 1 atom stereocenters. The Hall–Kier alpha value is -3.45. The van der Waals surface area contributed by atoms with E-state index in [1.807, 2.05) is 0 Å². The lowest BCUT2D eigenvalue weighted by Gasteiger charge is -2.22. The maximum absolute atomic E-state index is 13.0. The number of aliphatic carboxylic acids is 1. The van der Waals surface area contributed by atoms with Crippen LogP contribution in [0.4, 0.5) is 26.7 Å². The Labute approximate surface area is 228 Å². The van der Waals surface area contributed by atoms with Gasteiger partial charge in [0.25, 0.3) is 0 Å². The number of carboxylic acid groups (broad SMARTS) is 1. The summed E-state index contributed by atoms with van der Waals surface area (Å²) >= 11 is 0. The van der Waals surface area contributed by atoms with E-state index in [4.69, 9.17) is 18.9 Å². The second-order valence-electron chi connectivity index (χ2n) is 8.79. The van der Waals surface area contributed by atoms with Gasteiger partial charge in [-0.3, -0.25) is 0 Å². The summed E-state index contributed by atoms with van der Waals surface area (Å²) in [5.41, 5.74) is -0.189. The quantitative estimate of drug-likeness (QED) is 0.203. The van der Waals surface area contributed by atoms with Gasteiger partial charge in [0.1, 0.15) is 18.1 Å². The molecular weight excluding hydrogens is 545 g/mol. The highest BCUT2D eigenvalue weighted by molar-refractivity contribution is 5.72. The molecule has 1 unspecified atom stereocenters. The van der Waals surface area contributed by atoms with Gasteiger partial charge in [0.2, 0.25) is 5.92 Å². The molecule has 40 heavy (non-hydrogen) atoms. The minimum absolute atomic E-state index is 0.00874. The van der Waals surface area contributed by atoms with Crippen molar-refractivity contribution in [1.82, 2.24) is 4.90 Å². The Kier molecular flexibility index (Phi) is 12.6. The molecule has 2 aromatic carbocycles. The fourth-order valence-electron chi connectivity index (χ4n) is 3.33. The first-order valence-electron chi connectivity index (χ1n) is 12.4. The monoisotopic (exact) mass is 577 g/mol. The lowest BCUT2D eigenvalue weighted by Crippen LogP contribution is -2.39. The largest absolute Gasteiger partial charge is 0.492 e. The number of ether oxygens (including phenoxy) is 4. The highest BCUT2D eigenvalue weighted by Crippen LogP contribution is 2.30. The molecule has 2 aromatic rings. The SMILES string of the molecule is CCOC(Cc1ccc(OCCN(CCOCCC(C)(F)F)C(=O)Oc2ccc(C(F)(F)F)cc2)cc1)C(=O)O. The van der Waals surface area contributed by atoms with E-state index >= 15 is 0 Å². The summed E-state index contributed by atoms with van der Waals surface area (Å²) in [7, 11) is 0. The van der Waals surface area contributed by atoms with E-state index < -0.39 is 42.2 Å².